The van der Waals surface area contributed by atoms with Gasteiger partial charge in [0.1, 0.15) is 12.4 Å². The van der Waals surface area contributed by atoms with Crippen LogP contribution in [0.1, 0.15) is 59.5 Å². The molecule has 1 aliphatic heterocycles. The Morgan fingerprint density at radius 2 is 1.78 bits per heavy atom. The number of carboxylic acids is 1. The summed E-state index contributed by atoms with van der Waals surface area (Å²) in [5.41, 5.74) is 7.56. The quantitative estimate of drug-likeness (QED) is 0.331. The smallest absolute Gasteiger partial charge is 0.335 e. The molecule has 1 aliphatic carbocycles. The lowest BCUT2D eigenvalue weighted by Crippen LogP contribution is -2.20. The molecule has 184 valence electrons. The molecule has 1 aromatic heterocycles. The first-order chi connectivity index (χ1) is 17.6. The Kier molecular flexibility index (Phi) is 5.92. The maximum atomic E-state index is 11.8. The standard InChI is InChI=1S/C31H32N2O3/c1-32-16-17-33-28-18-23(31(34)35)12-14-25(28)29(22-10-6-3-7-11-22)30(33)26-15-13-24(19-27(26)32)36-20-21-8-4-2-5-9-21/h2,4-5,8-9,12-15,18-19,22H,3,6-7,10-11,16-17,20H2,1H3,(H,34,35). The molecule has 0 spiro atoms. The number of hydrogen-bond donors (Lipinski definition) is 1. The number of ether oxygens (including phenoxy) is 1. The molecule has 0 radical (unpaired) electrons. The second-order valence-corrected chi connectivity index (χ2v) is 10.2. The van der Waals surface area contributed by atoms with Crippen molar-refractivity contribution >= 4 is 22.6 Å². The number of nitrogens with zero attached hydrogens (tertiary/aromatic N) is 2. The normalized spacial score (nSPS) is 15.9. The van der Waals surface area contributed by atoms with Gasteiger partial charge in [-0.25, -0.2) is 4.79 Å². The third-order valence-corrected chi connectivity index (χ3v) is 7.91. The average Bonchev–Trinajstić information content (AvgIpc) is 3.17. The third-order valence-electron chi connectivity index (χ3n) is 7.91. The lowest BCUT2D eigenvalue weighted by Gasteiger charge is -2.24. The van der Waals surface area contributed by atoms with Gasteiger partial charge in [0.2, 0.25) is 0 Å². The second kappa shape index (κ2) is 9.38. The highest BCUT2D eigenvalue weighted by molar-refractivity contribution is 5.99. The maximum Gasteiger partial charge on any atom is 0.335 e. The molecule has 1 N–H and O–H groups in total. The minimum Gasteiger partial charge on any atom is -0.489 e. The molecule has 36 heavy (non-hydrogen) atoms. The van der Waals surface area contributed by atoms with Gasteiger partial charge in [-0.3, -0.25) is 0 Å². The SMILES string of the molecule is CN1CCn2c(c(C3CCCCC3)c3ccc(C(=O)O)cc32)-c2ccc(OCc3ccccc3)cc21. The van der Waals surface area contributed by atoms with E-state index in [1.165, 1.54) is 54.3 Å². The summed E-state index contributed by atoms with van der Waals surface area (Å²) in [6.07, 6.45) is 6.19. The summed E-state index contributed by atoms with van der Waals surface area (Å²) in [6, 6.07) is 22.4. The third kappa shape index (κ3) is 4.02. The Labute approximate surface area is 211 Å². The highest BCUT2D eigenvalue weighted by atomic mass is 16.5. The van der Waals surface area contributed by atoms with Crippen LogP contribution in [0, 0.1) is 0 Å². The fourth-order valence-electron chi connectivity index (χ4n) is 6.07. The van der Waals surface area contributed by atoms with Crippen molar-refractivity contribution in [3.63, 3.8) is 0 Å². The number of carboxylic acid groups (broad SMARTS) is 1. The summed E-state index contributed by atoms with van der Waals surface area (Å²) >= 11 is 0. The van der Waals surface area contributed by atoms with Crippen LogP contribution in [-0.2, 0) is 13.2 Å². The van der Waals surface area contributed by atoms with Crippen LogP contribution in [0.25, 0.3) is 22.2 Å². The summed E-state index contributed by atoms with van der Waals surface area (Å²) in [6.45, 7) is 2.19. The summed E-state index contributed by atoms with van der Waals surface area (Å²) in [5.74, 6) is 0.484. The Morgan fingerprint density at radius 3 is 2.56 bits per heavy atom. The molecular weight excluding hydrogens is 448 g/mol. The van der Waals surface area contributed by atoms with Crippen molar-refractivity contribution in [2.75, 3.05) is 18.5 Å². The summed E-state index contributed by atoms with van der Waals surface area (Å²) < 4.78 is 8.56. The predicted octanol–water partition coefficient (Wildman–Crippen LogP) is 7.08. The zero-order valence-corrected chi connectivity index (χ0v) is 20.7. The van der Waals surface area contributed by atoms with Crippen LogP contribution in [0.4, 0.5) is 5.69 Å². The molecule has 0 atom stereocenters. The summed E-state index contributed by atoms with van der Waals surface area (Å²) in [4.78, 5) is 14.1. The Balaban J connectivity index is 1.49. The monoisotopic (exact) mass is 480 g/mol. The fraction of sp³-hybridized carbons (Fsp3) is 0.323. The van der Waals surface area contributed by atoms with Crippen LogP contribution < -0.4 is 9.64 Å². The van der Waals surface area contributed by atoms with Gasteiger partial charge in [0.15, 0.2) is 0 Å². The molecule has 2 aliphatic rings. The molecule has 5 heteroatoms. The molecule has 5 nitrogen and oxygen atoms in total. The van der Waals surface area contributed by atoms with E-state index in [0.29, 0.717) is 18.1 Å². The Morgan fingerprint density at radius 1 is 0.972 bits per heavy atom. The van der Waals surface area contributed by atoms with Gasteiger partial charge in [-0.2, -0.15) is 0 Å². The molecule has 3 aromatic carbocycles. The zero-order chi connectivity index (χ0) is 24.6. The van der Waals surface area contributed by atoms with Gasteiger partial charge in [0, 0.05) is 48.4 Å². The first kappa shape index (κ1) is 22.7. The van der Waals surface area contributed by atoms with Crippen LogP contribution in [0.5, 0.6) is 5.75 Å². The molecule has 6 rings (SSSR count). The van der Waals surface area contributed by atoms with Crippen LogP contribution in [-0.4, -0.2) is 29.2 Å². The molecule has 2 heterocycles. The molecule has 4 aromatic rings. The van der Waals surface area contributed by atoms with Gasteiger partial charge in [-0.15, -0.1) is 0 Å². The number of aromatic nitrogens is 1. The molecular formula is C31H32N2O3. The number of carbonyl (C=O) groups is 1. The van der Waals surface area contributed by atoms with Gasteiger partial charge >= 0.3 is 5.97 Å². The van der Waals surface area contributed by atoms with E-state index >= 15 is 0 Å². The number of benzene rings is 3. The molecule has 1 fully saturated rings. The van der Waals surface area contributed by atoms with Crippen molar-refractivity contribution in [3.8, 4) is 17.0 Å². The van der Waals surface area contributed by atoms with Gasteiger partial charge in [-0.1, -0.05) is 55.7 Å². The first-order valence-electron chi connectivity index (χ1n) is 13.0. The van der Waals surface area contributed by atoms with Crippen molar-refractivity contribution in [1.82, 2.24) is 4.57 Å². The van der Waals surface area contributed by atoms with Gasteiger partial charge in [0.25, 0.3) is 0 Å². The van der Waals surface area contributed by atoms with E-state index < -0.39 is 5.97 Å². The van der Waals surface area contributed by atoms with Crippen molar-refractivity contribution in [1.29, 1.82) is 0 Å². The predicted molar refractivity (Wildman–Crippen MR) is 144 cm³/mol. The highest BCUT2D eigenvalue weighted by Gasteiger charge is 2.30. The maximum absolute atomic E-state index is 11.8. The second-order valence-electron chi connectivity index (χ2n) is 10.2. The number of hydrogen-bond acceptors (Lipinski definition) is 3. The van der Waals surface area contributed by atoms with E-state index in [1.54, 1.807) is 6.07 Å². The van der Waals surface area contributed by atoms with Crippen molar-refractivity contribution in [3.05, 3.63) is 83.4 Å². The number of anilines is 1. The minimum absolute atomic E-state index is 0.348. The zero-order valence-electron chi connectivity index (χ0n) is 20.7. The largest absolute Gasteiger partial charge is 0.489 e. The number of fused-ring (bicyclic) bond motifs is 5. The van der Waals surface area contributed by atoms with E-state index in [0.717, 1.165) is 35.6 Å². The van der Waals surface area contributed by atoms with Crippen LogP contribution in [0.15, 0.2) is 66.7 Å². The van der Waals surface area contributed by atoms with E-state index in [4.69, 9.17) is 4.74 Å². The van der Waals surface area contributed by atoms with Gasteiger partial charge < -0.3 is 19.3 Å². The number of rotatable bonds is 5. The molecule has 0 bridgehead atoms. The first-order valence-corrected chi connectivity index (χ1v) is 13.0. The molecule has 0 saturated heterocycles. The van der Waals surface area contributed by atoms with Crippen molar-refractivity contribution in [2.45, 2.75) is 51.2 Å². The Hall–Kier alpha value is -3.73. The molecule has 1 saturated carbocycles. The highest BCUT2D eigenvalue weighted by Crippen LogP contribution is 2.47. The summed E-state index contributed by atoms with van der Waals surface area (Å²) in [7, 11) is 2.14. The fourth-order valence-corrected chi connectivity index (χ4v) is 6.07. The van der Waals surface area contributed by atoms with Crippen molar-refractivity contribution in [2.24, 2.45) is 0 Å². The summed E-state index contributed by atoms with van der Waals surface area (Å²) in [5, 5.41) is 10.9. The minimum atomic E-state index is -0.877. The van der Waals surface area contributed by atoms with Crippen molar-refractivity contribution < 1.29 is 14.6 Å². The van der Waals surface area contributed by atoms with Gasteiger partial charge in [0.05, 0.1) is 11.3 Å². The number of aromatic carboxylic acids is 1. The lowest BCUT2D eigenvalue weighted by atomic mass is 9.81. The molecule has 0 unspecified atom stereocenters. The average molecular weight is 481 g/mol. The van der Waals surface area contributed by atoms with E-state index in [2.05, 4.69) is 46.8 Å². The number of likely N-dealkylation sites (N-methyl/N-ethyl adjacent to an activating group) is 1. The van der Waals surface area contributed by atoms with E-state index in [-0.39, 0.29) is 0 Å². The van der Waals surface area contributed by atoms with Crippen LogP contribution in [0.3, 0.4) is 0 Å². The van der Waals surface area contributed by atoms with Crippen LogP contribution >= 0.6 is 0 Å². The molecule has 0 amide bonds. The Bertz CT molecular complexity index is 1420. The van der Waals surface area contributed by atoms with Gasteiger partial charge in [-0.05, 0) is 54.2 Å². The lowest BCUT2D eigenvalue weighted by molar-refractivity contribution is 0.0697. The van der Waals surface area contributed by atoms with Crippen LogP contribution in [0.2, 0.25) is 0 Å². The van der Waals surface area contributed by atoms with E-state index in [9.17, 15) is 9.90 Å². The topological polar surface area (TPSA) is 54.7 Å². The van der Waals surface area contributed by atoms with E-state index in [1.807, 2.05) is 30.3 Å².